The number of benzene rings is 1. The van der Waals surface area contributed by atoms with E-state index in [1.165, 1.54) is 6.39 Å². The Hall–Kier alpha value is -1.16. The molecule has 0 saturated carbocycles. The van der Waals surface area contributed by atoms with E-state index in [9.17, 15) is 4.79 Å². The molecule has 3 nitrogen and oxygen atoms in total. The monoisotopic (exact) mass is 225 g/mol. The van der Waals surface area contributed by atoms with Gasteiger partial charge in [-0.25, -0.2) is 4.98 Å². The van der Waals surface area contributed by atoms with Gasteiger partial charge in [-0.05, 0) is 28.1 Å². The van der Waals surface area contributed by atoms with E-state index >= 15 is 0 Å². The van der Waals surface area contributed by atoms with Crippen molar-refractivity contribution in [3.8, 4) is 0 Å². The summed E-state index contributed by atoms with van der Waals surface area (Å²) >= 11 is 3.24. The van der Waals surface area contributed by atoms with Crippen LogP contribution in [0.4, 0.5) is 0 Å². The van der Waals surface area contributed by atoms with Gasteiger partial charge in [-0.3, -0.25) is 4.79 Å². The maximum absolute atomic E-state index is 10.5. The van der Waals surface area contributed by atoms with Gasteiger partial charge in [0.2, 0.25) is 0 Å². The molecule has 0 saturated heterocycles. The number of halogens is 1. The number of nitrogens with zero attached hydrogens (tertiary/aromatic N) is 1. The number of fused-ring (bicyclic) bond motifs is 1. The molecule has 0 aliphatic rings. The van der Waals surface area contributed by atoms with Crippen LogP contribution in [0.25, 0.3) is 11.1 Å². The highest BCUT2D eigenvalue weighted by Gasteiger charge is 2.04. The van der Waals surface area contributed by atoms with Gasteiger partial charge in [0.25, 0.3) is 0 Å². The van der Waals surface area contributed by atoms with Crippen molar-refractivity contribution in [2.75, 3.05) is 0 Å². The zero-order chi connectivity index (χ0) is 8.55. The van der Waals surface area contributed by atoms with E-state index in [1.807, 2.05) is 0 Å². The Morgan fingerprint density at radius 3 is 3.08 bits per heavy atom. The third-order valence-corrected chi connectivity index (χ3v) is 2.26. The molecule has 0 spiro atoms. The van der Waals surface area contributed by atoms with Crippen LogP contribution in [-0.2, 0) is 0 Å². The van der Waals surface area contributed by atoms with Crippen LogP contribution < -0.4 is 0 Å². The van der Waals surface area contributed by atoms with E-state index in [2.05, 4.69) is 20.9 Å². The minimum absolute atomic E-state index is 0.580. The third-order valence-electron chi connectivity index (χ3n) is 1.58. The second-order valence-corrected chi connectivity index (χ2v) is 3.17. The number of aldehydes is 1. The van der Waals surface area contributed by atoms with Gasteiger partial charge < -0.3 is 4.42 Å². The molecule has 2 aromatic rings. The lowest BCUT2D eigenvalue weighted by Crippen LogP contribution is -1.81. The molecule has 0 unspecified atom stereocenters. The van der Waals surface area contributed by atoms with E-state index in [4.69, 9.17) is 4.42 Å². The fourth-order valence-corrected chi connectivity index (χ4v) is 1.40. The van der Waals surface area contributed by atoms with Crippen LogP contribution in [0.1, 0.15) is 10.4 Å². The Kier molecular flexibility index (Phi) is 1.69. The van der Waals surface area contributed by atoms with Crippen LogP contribution in [-0.4, -0.2) is 11.3 Å². The fraction of sp³-hybridized carbons (Fsp3) is 0. The summed E-state index contributed by atoms with van der Waals surface area (Å²) in [5.41, 5.74) is 1.95. The van der Waals surface area contributed by atoms with E-state index in [-0.39, 0.29) is 0 Å². The minimum atomic E-state index is 0.580. The highest BCUT2D eigenvalue weighted by atomic mass is 79.9. The number of hydrogen-bond acceptors (Lipinski definition) is 3. The summed E-state index contributed by atoms with van der Waals surface area (Å²) in [6.07, 6.45) is 2.13. The molecule has 0 aliphatic heterocycles. The van der Waals surface area contributed by atoms with Gasteiger partial charge in [-0.2, -0.15) is 0 Å². The average molecular weight is 226 g/mol. The van der Waals surface area contributed by atoms with Crippen LogP contribution in [0.2, 0.25) is 0 Å². The smallest absolute Gasteiger partial charge is 0.181 e. The maximum Gasteiger partial charge on any atom is 0.181 e. The van der Waals surface area contributed by atoms with E-state index in [0.717, 1.165) is 10.8 Å². The van der Waals surface area contributed by atoms with Crippen LogP contribution in [0.5, 0.6) is 0 Å². The van der Waals surface area contributed by atoms with Crippen molar-refractivity contribution < 1.29 is 9.21 Å². The summed E-state index contributed by atoms with van der Waals surface area (Å²) in [5.74, 6) is 0. The predicted molar refractivity (Wildman–Crippen MR) is 47.1 cm³/mol. The van der Waals surface area contributed by atoms with Gasteiger partial charge in [0.1, 0.15) is 5.52 Å². The first-order valence-corrected chi connectivity index (χ1v) is 4.08. The highest BCUT2D eigenvalue weighted by molar-refractivity contribution is 9.10. The van der Waals surface area contributed by atoms with Gasteiger partial charge in [0.15, 0.2) is 18.3 Å². The topological polar surface area (TPSA) is 43.1 Å². The second kappa shape index (κ2) is 2.71. The van der Waals surface area contributed by atoms with Gasteiger partial charge in [-0.1, -0.05) is 0 Å². The van der Waals surface area contributed by atoms with Crippen LogP contribution in [0.15, 0.2) is 27.4 Å². The molecule has 1 heterocycles. The SMILES string of the molecule is O=Cc1cc2ncoc2cc1Br. The standard InChI is InChI=1S/C8H4BrNO2/c9-6-2-8-7(10-4-12-8)1-5(6)3-11/h1-4H. The van der Waals surface area contributed by atoms with Crippen molar-refractivity contribution >= 4 is 33.3 Å². The van der Waals surface area contributed by atoms with Gasteiger partial charge in [-0.15, -0.1) is 0 Å². The molecule has 0 radical (unpaired) electrons. The number of aromatic nitrogens is 1. The molecule has 2 rings (SSSR count). The normalized spacial score (nSPS) is 10.4. The fourth-order valence-electron chi connectivity index (χ4n) is 0.985. The zero-order valence-corrected chi connectivity index (χ0v) is 7.54. The molecule has 60 valence electrons. The molecule has 0 bridgehead atoms. The van der Waals surface area contributed by atoms with E-state index < -0.39 is 0 Å². The van der Waals surface area contributed by atoms with E-state index in [0.29, 0.717) is 16.7 Å². The van der Waals surface area contributed by atoms with Crippen LogP contribution in [0, 0.1) is 0 Å². The Balaban J connectivity index is 2.81. The Bertz CT molecular complexity index is 436. The molecule has 0 aliphatic carbocycles. The number of carbonyl (C=O) groups is 1. The average Bonchev–Trinajstić information content (AvgIpc) is 2.49. The lowest BCUT2D eigenvalue weighted by molar-refractivity contribution is 0.112. The zero-order valence-electron chi connectivity index (χ0n) is 5.95. The summed E-state index contributed by atoms with van der Waals surface area (Å²) in [6.45, 7) is 0. The number of hydrogen-bond donors (Lipinski definition) is 0. The van der Waals surface area contributed by atoms with Crippen molar-refractivity contribution in [2.24, 2.45) is 0 Å². The highest BCUT2D eigenvalue weighted by Crippen LogP contribution is 2.22. The number of carbonyl (C=O) groups excluding carboxylic acids is 1. The Morgan fingerprint density at radius 2 is 2.33 bits per heavy atom. The summed E-state index contributed by atoms with van der Waals surface area (Å²) in [7, 11) is 0. The lowest BCUT2D eigenvalue weighted by Gasteiger charge is -1.93. The molecule has 0 N–H and O–H groups in total. The maximum atomic E-state index is 10.5. The first-order chi connectivity index (χ1) is 5.81. The lowest BCUT2D eigenvalue weighted by atomic mass is 10.2. The van der Waals surface area contributed by atoms with Gasteiger partial charge in [0.05, 0.1) is 0 Å². The first-order valence-electron chi connectivity index (χ1n) is 3.29. The summed E-state index contributed by atoms with van der Waals surface area (Å²) in [5, 5.41) is 0. The van der Waals surface area contributed by atoms with Gasteiger partial charge >= 0.3 is 0 Å². The summed E-state index contributed by atoms with van der Waals surface area (Å²) < 4.78 is 5.77. The van der Waals surface area contributed by atoms with Crippen molar-refractivity contribution in [3.63, 3.8) is 0 Å². The molecule has 0 fully saturated rings. The molecule has 4 heteroatoms. The van der Waals surface area contributed by atoms with E-state index in [1.54, 1.807) is 12.1 Å². The molecule has 0 atom stereocenters. The largest absolute Gasteiger partial charge is 0.443 e. The first kappa shape index (κ1) is 7.49. The molecule has 1 aromatic heterocycles. The summed E-state index contributed by atoms with van der Waals surface area (Å²) in [4.78, 5) is 14.4. The molecule has 12 heavy (non-hydrogen) atoms. The number of oxazole rings is 1. The third kappa shape index (κ3) is 1.04. The minimum Gasteiger partial charge on any atom is -0.443 e. The predicted octanol–water partition coefficient (Wildman–Crippen LogP) is 2.40. The van der Waals surface area contributed by atoms with Crippen LogP contribution >= 0.6 is 15.9 Å². The molecule has 0 amide bonds. The van der Waals surface area contributed by atoms with Gasteiger partial charge in [0, 0.05) is 10.0 Å². The molecular weight excluding hydrogens is 222 g/mol. The van der Waals surface area contributed by atoms with Crippen LogP contribution in [0.3, 0.4) is 0 Å². The molecular formula is C8H4BrNO2. The second-order valence-electron chi connectivity index (χ2n) is 2.31. The molecule has 1 aromatic carbocycles. The van der Waals surface area contributed by atoms with Crippen molar-refractivity contribution in [1.29, 1.82) is 0 Å². The van der Waals surface area contributed by atoms with Crippen molar-refractivity contribution in [1.82, 2.24) is 4.98 Å². The quantitative estimate of drug-likeness (QED) is 0.701. The summed E-state index contributed by atoms with van der Waals surface area (Å²) in [6, 6.07) is 3.40. The Morgan fingerprint density at radius 1 is 1.50 bits per heavy atom. The van der Waals surface area contributed by atoms with Crippen molar-refractivity contribution in [2.45, 2.75) is 0 Å². The number of rotatable bonds is 1. The van der Waals surface area contributed by atoms with Crippen molar-refractivity contribution in [3.05, 3.63) is 28.6 Å². The Labute approximate surface area is 76.5 Å².